The molecule has 43 heavy (non-hydrogen) atoms. The van der Waals surface area contributed by atoms with Gasteiger partial charge in [-0.05, 0) is 85.1 Å². The third-order valence-corrected chi connectivity index (χ3v) is 9.15. The first kappa shape index (κ1) is 32.3. The van der Waals surface area contributed by atoms with Gasteiger partial charge in [-0.15, -0.1) is 0 Å². The van der Waals surface area contributed by atoms with Gasteiger partial charge in [0.1, 0.15) is 28.4 Å². The molecule has 0 aliphatic heterocycles. The highest BCUT2D eigenvalue weighted by molar-refractivity contribution is 5.76. The maximum Gasteiger partial charge on any atom is 0.314 e. The number of esters is 2. The van der Waals surface area contributed by atoms with Crippen molar-refractivity contribution in [2.45, 2.75) is 65.2 Å². The van der Waals surface area contributed by atoms with Gasteiger partial charge in [0, 0.05) is 0 Å². The van der Waals surface area contributed by atoms with Gasteiger partial charge in [0.25, 0.3) is 0 Å². The molecule has 0 amide bonds. The highest BCUT2D eigenvalue weighted by atomic mass is 16.5. The maximum atomic E-state index is 12.6. The Morgan fingerprint density at radius 2 is 1.02 bits per heavy atom. The van der Waals surface area contributed by atoms with Crippen LogP contribution in [0.5, 0.6) is 11.5 Å². The summed E-state index contributed by atoms with van der Waals surface area (Å²) in [7, 11) is 0. The molecular formula is C35H44O8. The van der Waals surface area contributed by atoms with Crippen molar-refractivity contribution in [3.05, 3.63) is 71.2 Å². The third kappa shape index (κ3) is 7.86. The molecule has 2 saturated carbocycles. The summed E-state index contributed by atoms with van der Waals surface area (Å²) in [6, 6.07) is 13.0. The molecule has 4 rings (SSSR count). The number of hydrogen-bond acceptors (Lipinski definition) is 8. The van der Waals surface area contributed by atoms with Crippen LogP contribution in [0.15, 0.2) is 60.0 Å². The first-order valence-electron chi connectivity index (χ1n) is 15.3. The summed E-state index contributed by atoms with van der Waals surface area (Å²) in [4.78, 5) is 25.3. The fourth-order valence-corrected chi connectivity index (χ4v) is 6.08. The maximum absolute atomic E-state index is 12.6. The van der Waals surface area contributed by atoms with Gasteiger partial charge in [-0.3, -0.25) is 9.59 Å². The lowest BCUT2D eigenvalue weighted by molar-refractivity contribution is -0.142. The summed E-state index contributed by atoms with van der Waals surface area (Å²) in [5.41, 5.74) is -0.827. The molecule has 4 N–H and O–H groups in total. The van der Waals surface area contributed by atoms with Gasteiger partial charge < -0.3 is 29.9 Å². The normalized spacial score (nSPS) is 23.4. The molecule has 0 saturated heterocycles. The largest absolute Gasteiger partial charge is 0.511 e. The molecule has 0 heterocycles. The minimum Gasteiger partial charge on any atom is -0.511 e. The van der Waals surface area contributed by atoms with Crippen LogP contribution in [0.3, 0.4) is 0 Å². The van der Waals surface area contributed by atoms with Crippen LogP contribution in [-0.2, 0) is 9.59 Å². The molecule has 8 nitrogen and oxygen atoms in total. The number of ether oxygens (including phenoxy) is 2. The average Bonchev–Trinajstić information content (AvgIpc) is 3.00. The van der Waals surface area contributed by atoms with Gasteiger partial charge in [0.05, 0.1) is 25.0 Å². The summed E-state index contributed by atoms with van der Waals surface area (Å²) in [5, 5.41) is 42.3. The molecule has 2 aliphatic rings. The highest BCUT2D eigenvalue weighted by Crippen LogP contribution is 2.36. The molecule has 232 valence electrons. The first-order chi connectivity index (χ1) is 20.7. The van der Waals surface area contributed by atoms with Crippen LogP contribution in [0.25, 0.3) is 12.2 Å². The Hall–Kier alpha value is -3.62. The van der Waals surface area contributed by atoms with E-state index >= 15 is 0 Å². The lowest BCUT2D eigenvalue weighted by atomic mass is 9.80. The Morgan fingerprint density at radius 3 is 1.35 bits per heavy atom. The Bertz CT molecular complexity index is 1190. The minimum atomic E-state index is -1.86. The number of carbonyl (C=O) groups excluding carboxylic acids is 2. The Balaban J connectivity index is 1.43. The predicted molar refractivity (Wildman–Crippen MR) is 164 cm³/mol. The second kappa shape index (κ2) is 14.7. The van der Waals surface area contributed by atoms with E-state index in [1.165, 1.54) is 12.2 Å². The molecule has 2 aromatic rings. The van der Waals surface area contributed by atoms with E-state index in [0.717, 1.165) is 51.4 Å². The number of aliphatic hydroxyl groups excluding tert-OH is 4. The molecule has 4 unspecified atom stereocenters. The van der Waals surface area contributed by atoms with Gasteiger partial charge in [-0.25, -0.2) is 0 Å². The topological polar surface area (TPSA) is 134 Å². The number of benzene rings is 2. The second-order valence-electron chi connectivity index (χ2n) is 12.2. The van der Waals surface area contributed by atoms with E-state index in [1.807, 2.05) is 0 Å². The van der Waals surface area contributed by atoms with Gasteiger partial charge in [-0.2, -0.15) is 0 Å². The summed E-state index contributed by atoms with van der Waals surface area (Å²) >= 11 is 0. The van der Waals surface area contributed by atoms with E-state index in [0.29, 0.717) is 22.6 Å². The van der Waals surface area contributed by atoms with Gasteiger partial charge >= 0.3 is 11.9 Å². The molecule has 2 aromatic carbocycles. The van der Waals surface area contributed by atoms with Crippen molar-refractivity contribution in [1.29, 1.82) is 0 Å². The van der Waals surface area contributed by atoms with Crippen molar-refractivity contribution >= 4 is 24.1 Å². The molecule has 0 radical (unpaired) electrons. The van der Waals surface area contributed by atoms with Crippen molar-refractivity contribution in [1.82, 2.24) is 0 Å². The zero-order valence-corrected chi connectivity index (χ0v) is 25.1. The van der Waals surface area contributed by atoms with E-state index in [2.05, 4.69) is 13.8 Å². The quantitative estimate of drug-likeness (QED) is 0.137. The predicted octanol–water partition coefficient (Wildman–Crippen LogP) is 6.62. The van der Waals surface area contributed by atoms with Crippen LogP contribution < -0.4 is 9.47 Å². The van der Waals surface area contributed by atoms with E-state index in [-0.39, 0.29) is 35.6 Å². The SMILES string of the molecule is CC1CCCCC1C(=O)Oc1ccc(C=C(O)C(CO)(CO)C(O)=Cc2ccc(OC(=O)C3CCCCC3C)cc2)cc1. The Morgan fingerprint density at radius 1 is 0.674 bits per heavy atom. The molecule has 8 heteroatoms. The zero-order valence-electron chi connectivity index (χ0n) is 25.1. The van der Waals surface area contributed by atoms with Gasteiger partial charge in [0.15, 0.2) is 0 Å². The summed E-state index contributed by atoms with van der Waals surface area (Å²) in [5.74, 6) is -0.236. The van der Waals surface area contributed by atoms with Gasteiger partial charge in [-0.1, -0.05) is 63.8 Å². The van der Waals surface area contributed by atoms with Crippen LogP contribution in [0, 0.1) is 29.1 Å². The van der Waals surface area contributed by atoms with Crippen LogP contribution in [-0.4, -0.2) is 45.6 Å². The first-order valence-corrected chi connectivity index (χ1v) is 15.3. The minimum absolute atomic E-state index is 0.113. The average molecular weight is 593 g/mol. The molecule has 2 aliphatic carbocycles. The Kier molecular flexibility index (Phi) is 11.0. The second-order valence-corrected chi connectivity index (χ2v) is 12.2. The van der Waals surface area contributed by atoms with E-state index in [4.69, 9.17) is 9.47 Å². The Labute approximate surface area is 253 Å². The van der Waals surface area contributed by atoms with Crippen LogP contribution >= 0.6 is 0 Å². The number of hydrogen-bond donors (Lipinski definition) is 4. The van der Waals surface area contributed by atoms with Crippen LogP contribution in [0.1, 0.15) is 76.3 Å². The van der Waals surface area contributed by atoms with Crippen molar-refractivity contribution in [2.75, 3.05) is 13.2 Å². The summed E-state index contributed by atoms with van der Waals surface area (Å²) in [6.45, 7) is 2.62. The van der Waals surface area contributed by atoms with Crippen molar-refractivity contribution in [2.24, 2.45) is 29.1 Å². The monoisotopic (exact) mass is 592 g/mol. The molecule has 0 bridgehead atoms. The standard InChI is InChI=1S/C35H44O8/c1-23-7-3-5-9-29(23)33(40)42-27-15-11-25(12-16-27)19-31(38)35(21-36,22-37)32(39)20-26-13-17-28(18-14-26)43-34(41)30-10-6-4-8-24(30)2/h11-20,23-24,29-30,36-39H,3-10,21-22H2,1-2H3. The van der Waals surface area contributed by atoms with E-state index in [1.54, 1.807) is 48.5 Å². The van der Waals surface area contributed by atoms with Crippen molar-refractivity contribution in [3.63, 3.8) is 0 Å². The number of rotatable bonds is 10. The smallest absolute Gasteiger partial charge is 0.314 e. The number of carbonyl (C=O) groups is 2. The van der Waals surface area contributed by atoms with Gasteiger partial charge in [0.2, 0.25) is 0 Å². The van der Waals surface area contributed by atoms with Crippen molar-refractivity contribution in [3.8, 4) is 11.5 Å². The molecule has 0 aromatic heterocycles. The fraction of sp³-hybridized carbons (Fsp3) is 0.486. The molecular weight excluding hydrogens is 548 g/mol. The van der Waals surface area contributed by atoms with E-state index in [9.17, 15) is 30.0 Å². The molecule has 2 fully saturated rings. The van der Waals surface area contributed by atoms with Crippen LogP contribution in [0.4, 0.5) is 0 Å². The molecule has 0 spiro atoms. The number of aliphatic hydroxyl groups is 4. The lowest BCUT2D eigenvalue weighted by Gasteiger charge is -2.28. The zero-order chi connectivity index (χ0) is 31.0. The van der Waals surface area contributed by atoms with E-state index < -0.39 is 30.1 Å². The van der Waals surface area contributed by atoms with Crippen LogP contribution in [0.2, 0.25) is 0 Å². The van der Waals surface area contributed by atoms with Crippen molar-refractivity contribution < 1.29 is 39.5 Å². The summed E-state index contributed by atoms with van der Waals surface area (Å²) < 4.78 is 11.2. The summed E-state index contributed by atoms with van der Waals surface area (Å²) in [6.07, 6.45) is 10.7. The third-order valence-electron chi connectivity index (χ3n) is 9.15. The highest BCUT2D eigenvalue weighted by Gasteiger charge is 2.39. The lowest BCUT2D eigenvalue weighted by Crippen LogP contribution is -2.34. The fourth-order valence-electron chi connectivity index (χ4n) is 6.08. The molecule has 4 atom stereocenters.